The third-order valence-corrected chi connectivity index (χ3v) is 4.15. The molecule has 7 nitrogen and oxygen atoms in total. The Morgan fingerprint density at radius 3 is 2.62 bits per heavy atom. The summed E-state index contributed by atoms with van der Waals surface area (Å²) in [5.41, 5.74) is 1.76. The molecule has 29 heavy (non-hydrogen) atoms. The van der Waals surface area contributed by atoms with Crippen LogP contribution in [0.1, 0.15) is 31.0 Å². The maximum absolute atomic E-state index is 13.8. The molecular formula is C20H19F2N5O2. The Kier molecular flexibility index (Phi) is 5.76. The molecule has 9 heteroatoms. The molecule has 1 aromatic carbocycles. The number of halogens is 2. The largest absolute Gasteiger partial charge is 0.307 e. The number of carbonyl (C=O) groups is 1. The molecule has 1 amide bonds. The van der Waals surface area contributed by atoms with Crippen LogP contribution in [0.4, 0.5) is 14.6 Å². The van der Waals surface area contributed by atoms with Crippen LogP contribution in [0.25, 0.3) is 11.1 Å². The summed E-state index contributed by atoms with van der Waals surface area (Å²) in [5.74, 6) is -2.25. The fourth-order valence-corrected chi connectivity index (χ4v) is 2.88. The topological polar surface area (TPSA) is 89.8 Å². The standard InChI is InChI=1S/C20H19F2N5O2/c1-11(2)19-15(13-4-12(3)5-14(21)6-13)7-18(29)27(26-19)9-17(28)25-20-16(22)8-23-10-24-20/h4-8,10-11H,9H2,1-3H3,(H,23,24,25,28). The van der Waals surface area contributed by atoms with Gasteiger partial charge in [-0.05, 0) is 36.1 Å². The highest BCUT2D eigenvalue weighted by molar-refractivity contribution is 5.89. The first-order chi connectivity index (χ1) is 13.7. The average Bonchev–Trinajstić information content (AvgIpc) is 2.64. The minimum absolute atomic E-state index is 0.0946. The van der Waals surface area contributed by atoms with Crippen LogP contribution in [0, 0.1) is 18.6 Å². The van der Waals surface area contributed by atoms with Gasteiger partial charge in [-0.1, -0.05) is 19.9 Å². The second kappa shape index (κ2) is 8.26. The zero-order chi connectivity index (χ0) is 21.1. The molecule has 0 unspecified atom stereocenters. The highest BCUT2D eigenvalue weighted by atomic mass is 19.1. The van der Waals surface area contributed by atoms with Gasteiger partial charge < -0.3 is 5.32 Å². The summed E-state index contributed by atoms with van der Waals surface area (Å²) in [6, 6.07) is 5.82. The lowest BCUT2D eigenvalue weighted by Crippen LogP contribution is -2.31. The molecule has 0 spiro atoms. The quantitative estimate of drug-likeness (QED) is 0.712. The van der Waals surface area contributed by atoms with E-state index in [1.54, 1.807) is 13.0 Å². The second-order valence-corrected chi connectivity index (χ2v) is 6.88. The molecular weight excluding hydrogens is 380 g/mol. The van der Waals surface area contributed by atoms with Crippen molar-refractivity contribution in [3.05, 3.63) is 70.0 Å². The number of anilines is 1. The maximum atomic E-state index is 13.8. The van der Waals surface area contributed by atoms with Crippen molar-refractivity contribution in [3.8, 4) is 11.1 Å². The minimum Gasteiger partial charge on any atom is -0.307 e. The first kappa shape index (κ1) is 20.2. The average molecular weight is 399 g/mol. The third-order valence-electron chi connectivity index (χ3n) is 4.15. The molecule has 3 rings (SSSR count). The van der Waals surface area contributed by atoms with E-state index >= 15 is 0 Å². The van der Waals surface area contributed by atoms with Crippen LogP contribution in [-0.4, -0.2) is 25.7 Å². The van der Waals surface area contributed by atoms with Gasteiger partial charge in [0.25, 0.3) is 5.56 Å². The second-order valence-electron chi connectivity index (χ2n) is 6.88. The number of nitrogens with one attached hydrogen (secondary N) is 1. The molecule has 150 valence electrons. The Morgan fingerprint density at radius 1 is 1.21 bits per heavy atom. The van der Waals surface area contributed by atoms with Crippen molar-refractivity contribution in [2.24, 2.45) is 0 Å². The number of benzene rings is 1. The van der Waals surface area contributed by atoms with Crippen molar-refractivity contribution in [2.75, 3.05) is 5.32 Å². The summed E-state index contributed by atoms with van der Waals surface area (Å²) in [7, 11) is 0. The first-order valence-electron chi connectivity index (χ1n) is 8.89. The van der Waals surface area contributed by atoms with E-state index in [9.17, 15) is 18.4 Å². The van der Waals surface area contributed by atoms with Crippen molar-refractivity contribution >= 4 is 11.7 Å². The number of hydrogen-bond acceptors (Lipinski definition) is 5. The van der Waals surface area contributed by atoms with Crippen LogP contribution in [0.2, 0.25) is 0 Å². The van der Waals surface area contributed by atoms with Gasteiger partial charge in [0.2, 0.25) is 5.91 Å². The van der Waals surface area contributed by atoms with E-state index in [1.807, 2.05) is 13.8 Å². The Morgan fingerprint density at radius 2 is 1.97 bits per heavy atom. The van der Waals surface area contributed by atoms with E-state index in [4.69, 9.17) is 0 Å². The van der Waals surface area contributed by atoms with Crippen molar-refractivity contribution in [1.29, 1.82) is 0 Å². The van der Waals surface area contributed by atoms with Crippen molar-refractivity contribution in [3.63, 3.8) is 0 Å². The molecule has 1 N–H and O–H groups in total. The van der Waals surface area contributed by atoms with Gasteiger partial charge in [0.05, 0.1) is 11.9 Å². The van der Waals surface area contributed by atoms with Gasteiger partial charge in [-0.25, -0.2) is 23.4 Å². The fourth-order valence-electron chi connectivity index (χ4n) is 2.88. The fraction of sp³-hybridized carbons (Fsp3) is 0.250. The monoisotopic (exact) mass is 399 g/mol. The zero-order valence-corrected chi connectivity index (χ0v) is 16.1. The van der Waals surface area contributed by atoms with Gasteiger partial charge >= 0.3 is 0 Å². The van der Waals surface area contributed by atoms with Crippen LogP contribution in [0.3, 0.4) is 0 Å². The minimum atomic E-state index is -0.791. The summed E-state index contributed by atoms with van der Waals surface area (Å²) in [6.45, 7) is 5.09. The van der Waals surface area contributed by atoms with E-state index in [0.29, 0.717) is 22.4 Å². The molecule has 0 fully saturated rings. The molecule has 0 saturated carbocycles. The van der Waals surface area contributed by atoms with Gasteiger partial charge in [0.1, 0.15) is 18.7 Å². The normalized spacial score (nSPS) is 11.0. The number of aromatic nitrogens is 4. The van der Waals surface area contributed by atoms with E-state index < -0.39 is 29.6 Å². The predicted octanol–water partition coefficient (Wildman–Crippen LogP) is 3.05. The van der Waals surface area contributed by atoms with Crippen molar-refractivity contribution in [1.82, 2.24) is 19.7 Å². The van der Waals surface area contributed by atoms with Crippen LogP contribution in [0.5, 0.6) is 0 Å². The molecule has 0 aliphatic rings. The predicted molar refractivity (Wildman–Crippen MR) is 103 cm³/mol. The number of hydrogen-bond donors (Lipinski definition) is 1. The van der Waals surface area contributed by atoms with Crippen LogP contribution in [-0.2, 0) is 11.3 Å². The molecule has 2 aromatic heterocycles. The maximum Gasteiger partial charge on any atom is 0.267 e. The van der Waals surface area contributed by atoms with Gasteiger partial charge in [-0.2, -0.15) is 5.10 Å². The molecule has 0 saturated heterocycles. The van der Waals surface area contributed by atoms with Crippen molar-refractivity contribution < 1.29 is 13.6 Å². The first-order valence-corrected chi connectivity index (χ1v) is 8.89. The van der Waals surface area contributed by atoms with E-state index in [0.717, 1.165) is 17.2 Å². The number of amides is 1. The highest BCUT2D eigenvalue weighted by Crippen LogP contribution is 2.27. The van der Waals surface area contributed by atoms with Gasteiger partial charge in [-0.15, -0.1) is 0 Å². The highest BCUT2D eigenvalue weighted by Gasteiger charge is 2.17. The molecule has 0 aliphatic heterocycles. The molecule has 0 atom stereocenters. The lowest BCUT2D eigenvalue weighted by atomic mass is 9.97. The number of carbonyl (C=O) groups excluding carboxylic acids is 1. The van der Waals surface area contributed by atoms with E-state index in [2.05, 4.69) is 20.4 Å². The number of aryl methyl sites for hydroxylation is 1. The summed E-state index contributed by atoms with van der Waals surface area (Å²) in [6.07, 6.45) is 2.01. The number of nitrogens with zero attached hydrogens (tertiary/aromatic N) is 4. The van der Waals surface area contributed by atoms with Crippen molar-refractivity contribution in [2.45, 2.75) is 33.2 Å². The Hall–Kier alpha value is -3.49. The number of rotatable bonds is 5. The smallest absolute Gasteiger partial charge is 0.267 e. The van der Waals surface area contributed by atoms with Crippen LogP contribution >= 0.6 is 0 Å². The van der Waals surface area contributed by atoms with Crippen LogP contribution in [0.15, 0.2) is 41.6 Å². The SMILES string of the molecule is Cc1cc(F)cc(-c2cc(=O)n(CC(=O)Nc3ncncc3F)nc2C(C)C)c1. The molecule has 2 heterocycles. The molecule has 3 aromatic rings. The van der Waals surface area contributed by atoms with Gasteiger partial charge in [0.15, 0.2) is 11.6 Å². The molecule has 0 aliphatic carbocycles. The van der Waals surface area contributed by atoms with Gasteiger partial charge in [-0.3, -0.25) is 9.59 Å². The summed E-state index contributed by atoms with van der Waals surface area (Å²) < 4.78 is 28.4. The summed E-state index contributed by atoms with van der Waals surface area (Å²) >= 11 is 0. The summed E-state index contributed by atoms with van der Waals surface area (Å²) in [4.78, 5) is 31.9. The molecule has 0 radical (unpaired) electrons. The molecule has 0 bridgehead atoms. The Labute approximate surface area is 165 Å². The Balaban J connectivity index is 1.95. The summed E-state index contributed by atoms with van der Waals surface area (Å²) in [5, 5.41) is 6.59. The van der Waals surface area contributed by atoms with Gasteiger partial charge in [0, 0.05) is 11.6 Å². The lowest BCUT2D eigenvalue weighted by molar-refractivity contribution is -0.117. The van der Waals surface area contributed by atoms with Crippen LogP contribution < -0.4 is 10.9 Å². The van der Waals surface area contributed by atoms with E-state index in [1.165, 1.54) is 18.2 Å². The zero-order valence-electron chi connectivity index (χ0n) is 16.1. The third kappa shape index (κ3) is 4.68. The van der Waals surface area contributed by atoms with E-state index in [-0.39, 0.29) is 11.7 Å². The lowest BCUT2D eigenvalue weighted by Gasteiger charge is -2.15. The Bertz CT molecular complexity index is 1110.